The van der Waals surface area contributed by atoms with Gasteiger partial charge in [0.15, 0.2) is 5.78 Å². The molecule has 0 amide bonds. The predicted molar refractivity (Wildman–Crippen MR) is 81.5 cm³/mol. The van der Waals surface area contributed by atoms with Crippen LogP contribution in [0.25, 0.3) is 0 Å². The fourth-order valence-corrected chi connectivity index (χ4v) is 2.22. The number of hydrogen-bond donors (Lipinski definition) is 0. The van der Waals surface area contributed by atoms with Gasteiger partial charge in [0.25, 0.3) is 5.56 Å². The highest BCUT2D eigenvalue weighted by molar-refractivity contribution is 14.1. The smallest absolute Gasteiger partial charge is 0.267 e. The van der Waals surface area contributed by atoms with Crippen molar-refractivity contribution in [3.63, 3.8) is 0 Å². The molecule has 5 heteroatoms. The van der Waals surface area contributed by atoms with Crippen LogP contribution in [0.5, 0.6) is 0 Å². The Morgan fingerprint density at radius 1 is 1.37 bits per heavy atom. The lowest BCUT2D eigenvalue weighted by molar-refractivity contribution is 0.0969. The Balaban J connectivity index is 2.35. The SMILES string of the molecule is Cc1cccc(C(=O)Cn2c(C)ncc(I)c2=O)c1. The van der Waals surface area contributed by atoms with Crippen LogP contribution in [0.2, 0.25) is 0 Å². The number of rotatable bonds is 3. The molecule has 0 fully saturated rings. The van der Waals surface area contributed by atoms with Crippen molar-refractivity contribution in [2.75, 3.05) is 0 Å². The summed E-state index contributed by atoms with van der Waals surface area (Å²) in [6.07, 6.45) is 1.52. The molecule has 0 bridgehead atoms. The van der Waals surface area contributed by atoms with Gasteiger partial charge >= 0.3 is 0 Å². The van der Waals surface area contributed by atoms with E-state index in [2.05, 4.69) is 4.98 Å². The van der Waals surface area contributed by atoms with E-state index in [9.17, 15) is 9.59 Å². The van der Waals surface area contributed by atoms with E-state index in [-0.39, 0.29) is 17.9 Å². The zero-order chi connectivity index (χ0) is 14.0. The molecule has 19 heavy (non-hydrogen) atoms. The largest absolute Gasteiger partial charge is 0.292 e. The third kappa shape index (κ3) is 3.09. The van der Waals surface area contributed by atoms with Gasteiger partial charge in [-0.25, -0.2) is 4.98 Å². The molecule has 98 valence electrons. The average molecular weight is 368 g/mol. The molecule has 0 spiro atoms. The minimum absolute atomic E-state index is 0.0258. The quantitative estimate of drug-likeness (QED) is 0.618. The highest BCUT2D eigenvalue weighted by atomic mass is 127. The van der Waals surface area contributed by atoms with Gasteiger partial charge in [-0.2, -0.15) is 0 Å². The molecule has 0 atom stereocenters. The molecule has 4 nitrogen and oxygen atoms in total. The summed E-state index contributed by atoms with van der Waals surface area (Å²) in [5.41, 5.74) is 1.47. The summed E-state index contributed by atoms with van der Waals surface area (Å²) in [5, 5.41) is 0. The van der Waals surface area contributed by atoms with E-state index in [0.29, 0.717) is 15.0 Å². The number of hydrogen-bond acceptors (Lipinski definition) is 3. The molecule has 0 aliphatic heterocycles. The van der Waals surface area contributed by atoms with Gasteiger partial charge in [-0.15, -0.1) is 0 Å². The predicted octanol–water partition coefficient (Wildman–Crippen LogP) is 2.35. The average Bonchev–Trinajstić information content (AvgIpc) is 2.39. The summed E-state index contributed by atoms with van der Waals surface area (Å²) >= 11 is 1.93. The number of nitrogens with zero attached hydrogens (tertiary/aromatic N) is 2. The van der Waals surface area contributed by atoms with Crippen molar-refractivity contribution < 1.29 is 4.79 Å². The Hall–Kier alpha value is -1.50. The zero-order valence-electron chi connectivity index (χ0n) is 10.7. The van der Waals surface area contributed by atoms with E-state index < -0.39 is 0 Å². The van der Waals surface area contributed by atoms with E-state index in [4.69, 9.17) is 0 Å². The second kappa shape index (κ2) is 5.64. The molecule has 2 rings (SSSR count). The number of halogens is 1. The zero-order valence-corrected chi connectivity index (χ0v) is 12.8. The summed E-state index contributed by atoms with van der Waals surface area (Å²) in [5.74, 6) is 0.462. The van der Waals surface area contributed by atoms with Gasteiger partial charge in [0.1, 0.15) is 5.82 Å². The van der Waals surface area contributed by atoms with E-state index in [0.717, 1.165) is 5.56 Å². The van der Waals surface area contributed by atoms with Crippen molar-refractivity contribution in [3.8, 4) is 0 Å². The van der Waals surface area contributed by atoms with Crippen LogP contribution in [0, 0.1) is 17.4 Å². The molecular weight excluding hydrogens is 355 g/mol. The third-order valence-corrected chi connectivity index (χ3v) is 3.59. The van der Waals surface area contributed by atoms with E-state index in [1.807, 2.05) is 47.7 Å². The van der Waals surface area contributed by atoms with Crippen molar-refractivity contribution in [1.82, 2.24) is 9.55 Å². The fraction of sp³-hybridized carbons (Fsp3) is 0.214. The molecule has 0 saturated carbocycles. The minimum atomic E-state index is -0.172. The van der Waals surface area contributed by atoms with Gasteiger partial charge in [0.05, 0.1) is 10.1 Å². The number of ketones is 1. The number of aryl methyl sites for hydroxylation is 2. The van der Waals surface area contributed by atoms with E-state index >= 15 is 0 Å². The minimum Gasteiger partial charge on any atom is -0.292 e. The lowest BCUT2D eigenvalue weighted by atomic mass is 10.1. The lowest BCUT2D eigenvalue weighted by Gasteiger charge is -2.09. The van der Waals surface area contributed by atoms with Crippen LogP contribution >= 0.6 is 22.6 Å². The van der Waals surface area contributed by atoms with Crippen molar-refractivity contribution >= 4 is 28.4 Å². The maximum absolute atomic E-state index is 12.2. The second-order valence-electron chi connectivity index (χ2n) is 4.34. The summed E-state index contributed by atoms with van der Waals surface area (Å²) in [6.45, 7) is 3.68. The molecular formula is C14H13IN2O2. The van der Waals surface area contributed by atoms with Gasteiger partial charge in [0, 0.05) is 11.8 Å². The van der Waals surface area contributed by atoms with E-state index in [1.165, 1.54) is 10.8 Å². The Labute approximate surface area is 124 Å². The molecule has 0 radical (unpaired) electrons. The number of aromatic nitrogens is 2. The highest BCUT2D eigenvalue weighted by Crippen LogP contribution is 2.07. The van der Waals surface area contributed by atoms with E-state index in [1.54, 1.807) is 13.0 Å². The number of carbonyl (C=O) groups excluding carboxylic acids is 1. The van der Waals surface area contributed by atoms with Crippen molar-refractivity contribution in [3.05, 3.63) is 61.3 Å². The van der Waals surface area contributed by atoms with Crippen LogP contribution in [0.15, 0.2) is 35.3 Å². The van der Waals surface area contributed by atoms with Crippen LogP contribution in [-0.4, -0.2) is 15.3 Å². The fourth-order valence-electron chi connectivity index (χ4n) is 1.79. The first-order valence-electron chi connectivity index (χ1n) is 5.81. The summed E-state index contributed by atoms with van der Waals surface area (Å²) in [7, 11) is 0. The molecule has 2 aromatic rings. The van der Waals surface area contributed by atoms with Gasteiger partial charge in [-0.3, -0.25) is 14.2 Å². The standard InChI is InChI=1S/C14H13IN2O2/c1-9-4-3-5-11(6-9)13(18)8-17-10(2)16-7-12(15)14(17)19/h3-7H,8H2,1-2H3. The third-order valence-electron chi connectivity index (χ3n) is 2.85. The van der Waals surface area contributed by atoms with Crippen LogP contribution in [0.3, 0.4) is 0 Å². The number of carbonyl (C=O) groups is 1. The van der Waals surface area contributed by atoms with Crippen molar-refractivity contribution in [1.29, 1.82) is 0 Å². The first kappa shape index (κ1) is 13.9. The lowest BCUT2D eigenvalue weighted by Crippen LogP contribution is -2.28. The highest BCUT2D eigenvalue weighted by Gasteiger charge is 2.11. The maximum atomic E-state index is 12.2. The molecule has 0 N–H and O–H groups in total. The summed E-state index contributed by atoms with van der Waals surface area (Å²) in [6, 6.07) is 7.35. The van der Waals surface area contributed by atoms with Gasteiger partial charge < -0.3 is 0 Å². The molecule has 0 aliphatic carbocycles. The first-order valence-corrected chi connectivity index (χ1v) is 6.88. The Morgan fingerprint density at radius 3 is 2.79 bits per heavy atom. The molecule has 0 saturated heterocycles. The molecule has 1 heterocycles. The Bertz CT molecular complexity index is 692. The Morgan fingerprint density at radius 2 is 2.11 bits per heavy atom. The van der Waals surface area contributed by atoms with Gasteiger partial charge in [0.2, 0.25) is 0 Å². The molecule has 1 aromatic carbocycles. The second-order valence-corrected chi connectivity index (χ2v) is 5.50. The van der Waals surface area contributed by atoms with Gasteiger partial charge in [-0.1, -0.05) is 23.8 Å². The first-order chi connectivity index (χ1) is 8.99. The van der Waals surface area contributed by atoms with Gasteiger partial charge in [-0.05, 0) is 42.5 Å². The number of benzene rings is 1. The Kier molecular flexibility index (Phi) is 4.14. The number of Topliss-reactive ketones (excluding diaryl/α,β-unsaturated/α-hetero) is 1. The molecule has 1 aromatic heterocycles. The van der Waals surface area contributed by atoms with Crippen molar-refractivity contribution in [2.24, 2.45) is 0 Å². The molecule has 0 aliphatic rings. The topological polar surface area (TPSA) is 52.0 Å². The van der Waals surface area contributed by atoms with Crippen LogP contribution in [0.1, 0.15) is 21.7 Å². The van der Waals surface area contributed by atoms with Crippen LogP contribution < -0.4 is 5.56 Å². The maximum Gasteiger partial charge on any atom is 0.267 e. The van der Waals surface area contributed by atoms with Crippen molar-refractivity contribution in [2.45, 2.75) is 20.4 Å². The normalized spacial score (nSPS) is 10.5. The molecule has 0 unspecified atom stereocenters. The summed E-state index contributed by atoms with van der Waals surface area (Å²) < 4.78 is 1.92. The monoisotopic (exact) mass is 368 g/mol. The van der Waals surface area contributed by atoms with Crippen LogP contribution in [0.4, 0.5) is 0 Å². The van der Waals surface area contributed by atoms with Crippen LogP contribution in [-0.2, 0) is 6.54 Å². The summed E-state index contributed by atoms with van der Waals surface area (Å²) in [4.78, 5) is 28.3.